The van der Waals surface area contributed by atoms with Crippen molar-refractivity contribution in [3.05, 3.63) is 77.6 Å². The average Bonchev–Trinajstić information content (AvgIpc) is 3.11. The van der Waals surface area contributed by atoms with Crippen molar-refractivity contribution >= 4 is 21.6 Å². The molecule has 8 heteroatoms. The highest BCUT2D eigenvalue weighted by Crippen LogP contribution is 2.26. The number of nitrogens with one attached hydrogen (secondary N) is 1. The lowest BCUT2D eigenvalue weighted by atomic mass is 9.91. The second-order valence-electron chi connectivity index (χ2n) is 8.69. The molecule has 1 amide bonds. The third kappa shape index (κ3) is 5.69. The molecule has 2 aromatic carbocycles. The number of aryl methyl sites for hydroxylation is 2. The Balaban J connectivity index is 1.33. The lowest BCUT2D eigenvalue weighted by Crippen LogP contribution is -2.38. The van der Waals surface area contributed by atoms with E-state index in [0.717, 1.165) is 30.7 Å². The Morgan fingerprint density at radius 2 is 1.70 bits per heavy atom. The Labute approximate surface area is 195 Å². The lowest BCUT2D eigenvalue weighted by Gasteiger charge is -2.31. The summed E-state index contributed by atoms with van der Waals surface area (Å²) in [5.41, 5.74) is 3.63. The molecule has 0 aliphatic carbocycles. The van der Waals surface area contributed by atoms with Crippen LogP contribution in [0.15, 0.2) is 65.6 Å². The molecule has 0 saturated carbocycles. The van der Waals surface area contributed by atoms with Crippen LogP contribution in [0.3, 0.4) is 0 Å². The average molecular weight is 467 g/mol. The molecule has 1 saturated heterocycles. The molecule has 174 valence electrons. The van der Waals surface area contributed by atoms with E-state index in [0.29, 0.717) is 24.7 Å². The molecule has 1 aliphatic heterocycles. The van der Waals surface area contributed by atoms with Crippen molar-refractivity contribution in [1.29, 1.82) is 0 Å². The number of nitrogens with zero attached hydrogens (tertiary/aromatic N) is 3. The molecule has 4 rings (SSSR count). The molecular formula is C25H30N4O3S. The van der Waals surface area contributed by atoms with Gasteiger partial charge in [-0.2, -0.15) is 9.40 Å². The molecule has 1 aliphatic rings. The highest BCUT2D eigenvalue weighted by atomic mass is 32.2. The van der Waals surface area contributed by atoms with Gasteiger partial charge in [-0.05, 0) is 74.9 Å². The Morgan fingerprint density at radius 1 is 1.03 bits per heavy atom. The van der Waals surface area contributed by atoms with Gasteiger partial charge in [0.05, 0.1) is 10.6 Å². The molecule has 1 N–H and O–H groups in total. The van der Waals surface area contributed by atoms with Crippen molar-refractivity contribution in [3.8, 4) is 0 Å². The van der Waals surface area contributed by atoms with Gasteiger partial charge in [-0.1, -0.05) is 30.3 Å². The summed E-state index contributed by atoms with van der Waals surface area (Å²) in [6, 6.07) is 18.6. The minimum absolute atomic E-state index is 0.109. The number of carbonyl (C=O) groups excluding carboxylic acids is 1. The molecule has 33 heavy (non-hydrogen) atoms. The molecule has 0 atom stereocenters. The summed E-state index contributed by atoms with van der Waals surface area (Å²) >= 11 is 0. The normalized spacial score (nSPS) is 15.5. The summed E-state index contributed by atoms with van der Waals surface area (Å²) in [4.78, 5) is 12.6. The van der Waals surface area contributed by atoms with E-state index >= 15 is 0 Å². The third-order valence-electron chi connectivity index (χ3n) is 6.11. The van der Waals surface area contributed by atoms with Crippen LogP contribution in [0.25, 0.3) is 0 Å². The Morgan fingerprint density at radius 3 is 2.30 bits per heavy atom. The summed E-state index contributed by atoms with van der Waals surface area (Å²) in [5.74, 6) is 0.288. The topological polar surface area (TPSA) is 84.3 Å². The monoisotopic (exact) mass is 466 g/mol. The fourth-order valence-corrected chi connectivity index (χ4v) is 5.80. The fraction of sp³-hybridized carbons (Fsp3) is 0.360. The number of anilines is 1. The standard InChI is InChI=1S/C25H30N4O3S/c1-19-16-20(2)29(27-19)18-25(30)26-23-8-10-24(11-9-23)33(31,32)28-14-12-22(13-15-28)17-21-6-4-3-5-7-21/h3-11,16,22H,12-15,17-18H2,1-2H3,(H,26,30). The quantitative estimate of drug-likeness (QED) is 0.574. The number of piperidine rings is 1. The van der Waals surface area contributed by atoms with Gasteiger partial charge in [-0.15, -0.1) is 0 Å². The predicted octanol–water partition coefficient (Wildman–Crippen LogP) is 3.78. The van der Waals surface area contributed by atoms with Crippen LogP contribution in [0.2, 0.25) is 0 Å². The van der Waals surface area contributed by atoms with Crippen molar-refractivity contribution in [1.82, 2.24) is 14.1 Å². The van der Waals surface area contributed by atoms with Gasteiger partial charge in [0.25, 0.3) is 0 Å². The highest BCUT2D eigenvalue weighted by molar-refractivity contribution is 7.89. The zero-order valence-electron chi connectivity index (χ0n) is 19.1. The first-order valence-electron chi connectivity index (χ1n) is 11.3. The van der Waals surface area contributed by atoms with E-state index < -0.39 is 10.0 Å². The molecule has 3 aromatic rings. The number of hydrogen-bond donors (Lipinski definition) is 1. The summed E-state index contributed by atoms with van der Waals surface area (Å²) in [7, 11) is -3.55. The number of benzene rings is 2. The van der Waals surface area contributed by atoms with Crippen molar-refractivity contribution in [2.75, 3.05) is 18.4 Å². The second kappa shape index (κ2) is 9.89. The largest absolute Gasteiger partial charge is 0.324 e. The minimum Gasteiger partial charge on any atom is -0.324 e. The van der Waals surface area contributed by atoms with Gasteiger partial charge in [0.1, 0.15) is 6.54 Å². The van der Waals surface area contributed by atoms with Crippen molar-refractivity contribution in [2.45, 2.75) is 44.6 Å². The van der Waals surface area contributed by atoms with Gasteiger partial charge in [0.15, 0.2) is 0 Å². The number of hydrogen-bond acceptors (Lipinski definition) is 4. The smallest absolute Gasteiger partial charge is 0.246 e. The van der Waals surface area contributed by atoms with Crippen molar-refractivity contribution < 1.29 is 13.2 Å². The molecule has 1 fully saturated rings. The third-order valence-corrected chi connectivity index (χ3v) is 8.03. The maximum Gasteiger partial charge on any atom is 0.246 e. The van der Waals surface area contributed by atoms with Gasteiger partial charge in [-0.3, -0.25) is 9.48 Å². The summed E-state index contributed by atoms with van der Waals surface area (Å²) < 4.78 is 29.4. The number of amides is 1. The first-order chi connectivity index (χ1) is 15.8. The molecule has 0 bridgehead atoms. The van der Waals surface area contributed by atoms with Gasteiger partial charge in [0.2, 0.25) is 15.9 Å². The van der Waals surface area contributed by atoms with E-state index in [2.05, 4.69) is 22.5 Å². The van der Waals surface area contributed by atoms with Gasteiger partial charge in [0, 0.05) is 24.5 Å². The molecule has 2 heterocycles. The lowest BCUT2D eigenvalue weighted by molar-refractivity contribution is -0.116. The van der Waals surface area contributed by atoms with Crippen LogP contribution in [-0.4, -0.2) is 41.5 Å². The molecule has 0 radical (unpaired) electrons. The first kappa shape index (κ1) is 23.2. The van der Waals surface area contributed by atoms with Crippen molar-refractivity contribution in [3.63, 3.8) is 0 Å². The number of aromatic nitrogens is 2. The summed E-state index contributed by atoms with van der Waals surface area (Å²) in [6.07, 6.45) is 2.70. The molecular weight excluding hydrogens is 436 g/mol. The Kier molecular flexibility index (Phi) is 6.95. The van der Waals surface area contributed by atoms with E-state index in [4.69, 9.17) is 0 Å². The van der Waals surface area contributed by atoms with Crippen LogP contribution in [0, 0.1) is 19.8 Å². The molecule has 7 nitrogen and oxygen atoms in total. The SMILES string of the molecule is Cc1cc(C)n(CC(=O)Nc2ccc(S(=O)(=O)N3CCC(Cc4ccccc4)CC3)cc2)n1. The number of sulfonamides is 1. The van der Waals surface area contributed by atoms with Crippen molar-refractivity contribution in [2.24, 2.45) is 5.92 Å². The number of rotatable bonds is 7. The molecule has 0 spiro atoms. The Bertz CT molecular complexity index is 1200. The zero-order valence-corrected chi connectivity index (χ0v) is 19.9. The predicted molar refractivity (Wildman–Crippen MR) is 128 cm³/mol. The molecule has 1 aromatic heterocycles. The molecule has 0 unspecified atom stereocenters. The van der Waals surface area contributed by atoms with E-state index in [1.807, 2.05) is 38.1 Å². The van der Waals surface area contributed by atoms with Gasteiger partial charge < -0.3 is 5.32 Å². The van der Waals surface area contributed by atoms with E-state index in [1.165, 1.54) is 5.56 Å². The zero-order chi connectivity index (χ0) is 23.4. The van der Waals surface area contributed by atoms with Gasteiger partial charge >= 0.3 is 0 Å². The minimum atomic E-state index is -3.55. The summed E-state index contributed by atoms with van der Waals surface area (Å²) in [6.45, 7) is 4.95. The number of carbonyl (C=O) groups is 1. The van der Waals surface area contributed by atoms with Crippen LogP contribution >= 0.6 is 0 Å². The maximum absolute atomic E-state index is 13.1. The van der Waals surface area contributed by atoms with Crippen LogP contribution in [0.1, 0.15) is 29.8 Å². The van der Waals surface area contributed by atoms with Crippen LogP contribution < -0.4 is 5.32 Å². The fourth-order valence-electron chi connectivity index (χ4n) is 4.33. The maximum atomic E-state index is 13.1. The van der Waals surface area contributed by atoms with E-state index in [-0.39, 0.29) is 17.3 Å². The van der Waals surface area contributed by atoms with Crippen LogP contribution in [-0.2, 0) is 27.8 Å². The van der Waals surface area contributed by atoms with E-state index in [1.54, 1.807) is 33.3 Å². The van der Waals surface area contributed by atoms with E-state index in [9.17, 15) is 13.2 Å². The highest BCUT2D eigenvalue weighted by Gasteiger charge is 2.29. The first-order valence-corrected chi connectivity index (χ1v) is 12.7. The van der Waals surface area contributed by atoms with Crippen LogP contribution in [0.5, 0.6) is 0 Å². The van der Waals surface area contributed by atoms with Gasteiger partial charge in [-0.25, -0.2) is 8.42 Å². The Hall–Kier alpha value is -2.97. The summed E-state index contributed by atoms with van der Waals surface area (Å²) in [5, 5.41) is 7.10. The van der Waals surface area contributed by atoms with Crippen LogP contribution in [0.4, 0.5) is 5.69 Å². The second-order valence-corrected chi connectivity index (χ2v) is 10.6.